The maximum atomic E-state index is 12.6. The van der Waals surface area contributed by atoms with Crippen molar-refractivity contribution in [3.63, 3.8) is 0 Å². The predicted octanol–water partition coefficient (Wildman–Crippen LogP) is 3.62. The summed E-state index contributed by atoms with van der Waals surface area (Å²) >= 11 is 0. The zero-order valence-electron chi connectivity index (χ0n) is 15.5. The summed E-state index contributed by atoms with van der Waals surface area (Å²) in [5.41, 5.74) is -1.11. The van der Waals surface area contributed by atoms with E-state index in [2.05, 4.69) is 27.7 Å². The van der Waals surface area contributed by atoms with Gasteiger partial charge in [-0.1, -0.05) is 0 Å². The largest absolute Gasteiger partial charge is 0.463 e. The van der Waals surface area contributed by atoms with E-state index in [0.29, 0.717) is 0 Å². The second kappa shape index (κ2) is 5.12. The fraction of sp³-hybridized carbons (Fsp3) is 0.941. The van der Waals surface area contributed by atoms with Crippen molar-refractivity contribution in [2.75, 3.05) is 0 Å². The second-order valence-electron chi connectivity index (χ2n) is 9.21. The van der Waals surface area contributed by atoms with Crippen LogP contribution in [-0.4, -0.2) is 47.0 Å². The van der Waals surface area contributed by atoms with Gasteiger partial charge in [-0.15, -0.1) is 0 Å². The Bertz CT molecular complexity index is 483. The molecule has 2 bridgehead atoms. The fourth-order valence-corrected chi connectivity index (χ4v) is 3.99. The molecule has 6 heteroatoms. The molecule has 130 valence electrons. The lowest BCUT2D eigenvalue weighted by Crippen LogP contribution is -2.41. The Kier molecular flexibility index (Phi) is 3.81. The smallest absolute Gasteiger partial charge is 0.444 e. The summed E-state index contributed by atoms with van der Waals surface area (Å²) in [6.07, 6.45) is 2.82. The summed E-state index contributed by atoms with van der Waals surface area (Å²) in [4.78, 5) is 14.5. The molecule has 3 heterocycles. The Morgan fingerprint density at radius 1 is 1.13 bits per heavy atom. The Balaban J connectivity index is 1.73. The summed E-state index contributed by atoms with van der Waals surface area (Å²) in [6, 6.07) is 0.434. The van der Waals surface area contributed by atoms with E-state index in [1.807, 2.05) is 25.7 Å². The Hall–Kier alpha value is -0.745. The van der Waals surface area contributed by atoms with E-state index >= 15 is 0 Å². The number of hydrogen-bond donors (Lipinski definition) is 0. The van der Waals surface area contributed by atoms with E-state index in [1.165, 1.54) is 0 Å². The van der Waals surface area contributed by atoms with Gasteiger partial charge in [0.1, 0.15) is 5.60 Å². The third-order valence-electron chi connectivity index (χ3n) is 5.81. The minimum absolute atomic E-state index is 0.171. The molecule has 3 unspecified atom stereocenters. The van der Waals surface area contributed by atoms with Crippen LogP contribution in [0.5, 0.6) is 0 Å². The van der Waals surface area contributed by atoms with Crippen LogP contribution in [-0.2, 0) is 14.0 Å². The van der Waals surface area contributed by atoms with Gasteiger partial charge in [0.05, 0.1) is 11.2 Å². The lowest BCUT2D eigenvalue weighted by Gasteiger charge is -2.32. The second-order valence-corrected chi connectivity index (χ2v) is 9.21. The zero-order valence-corrected chi connectivity index (χ0v) is 15.5. The van der Waals surface area contributed by atoms with Crippen LogP contribution >= 0.6 is 0 Å². The summed E-state index contributed by atoms with van der Waals surface area (Å²) < 4.78 is 18.1. The van der Waals surface area contributed by atoms with Crippen LogP contribution in [0.4, 0.5) is 4.79 Å². The van der Waals surface area contributed by atoms with Crippen molar-refractivity contribution in [1.82, 2.24) is 4.90 Å². The van der Waals surface area contributed by atoms with Crippen LogP contribution < -0.4 is 0 Å². The van der Waals surface area contributed by atoms with Crippen molar-refractivity contribution >= 4 is 13.2 Å². The van der Waals surface area contributed by atoms with Gasteiger partial charge in [0.15, 0.2) is 0 Å². The topological polar surface area (TPSA) is 48.0 Å². The van der Waals surface area contributed by atoms with Gasteiger partial charge in [-0.25, -0.2) is 4.79 Å². The number of nitrogens with zero attached hydrogens (tertiary/aromatic N) is 1. The minimum atomic E-state index is -0.459. The predicted molar refractivity (Wildman–Crippen MR) is 89.3 cm³/mol. The van der Waals surface area contributed by atoms with Crippen molar-refractivity contribution in [3.8, 4) is 0 Å². The number of fused-ring (bicyclic) bond motifs is 2. The van der Waals surface area contributed by atoms with E-state index in [-0.39, 0.29) is 42.3 Å². The first-order valence-electron chi connectivity index (χ1n) is 8.78. The van der Waals surface area contributed by atoms with Crippen LogP contribution in [0.25, 0.3) is 0 Å². The van der Waals surface area contributed by atoms with E-state index in [0.717, 1.165) is 19.3 Å². The summed E-state index contributed by atoms with van der Waals surface area (Å²) in [5.74, 6) is 0.238. The Labute approximate surface area is 140 Å². The van der Waals surface area contributed by atoms with Gasteiger partial charge in [0.25, 0.3) is 0 Å². The third-order valence-corrected chi connectivity index (χ3v) is 5.81. The third kappa shape index (κ3) is 2.89. The fourth-order valence-electron chi connectivity index (χ4n) is 3.99. The van der Waals surface area contributed by atoms with Crippen LogP contribution in [0.2, 0.25) is 5.82 Å². The standard InChI is InChI=1S/C17H30BNO4/c1-15(2,3)21-14(20)19-11-8-9-13(19)12(10-11)18-22-16(4,5)17(6,7)23-18/h11-13H,8-10H2,1-7H3. The Morgan fingerprint density at radius 2 is 1.70 bits per heavy atom. The van der Waals surface area contributed by atoms with Gasteiger partial charge in [0.2, 0.25) is 0 Å². The molecule has 5 nitrogen and oxygen atoms in total. The number of hydrogen-bond acceptors (Lipinski definition) is 4. The highest BCUT2D eigenvalue weighted by Gasteiger charge is 2.61. The molecule has 1 amide bonds. The molecular weight excluding hydrogens is 293 g/mol. The molecule has 0 aromatic carbocycles. The van der Waals surface area contributed by atoms with E-state index < -0.39 is 5.60 Å². The molecule has 0 aliphatic carbocycles. The van der Waals surface area contributed by atoms with Crippen LogP contribution in [0.1, 0.15) is 67.7 Å². The van der Waals surface area contributed by atoms with Crippen LogP contribution in [0.15, 0.2) is 0 Å². The van der Waals surface area contributed by atoms with E-state index in [9.17, 15) is 4.79 Å². The number of carbonyl (C=O) groups excluding carboxylic acids is 1. The highest BCUT2D eigenvalue weighted by molar-refractivity contribution is 6.48. The number of ether oxygens (including phenoxy) is 1. The number of amides is 1. The normalized spacial score (nSPS) is 35.0. The zero-order chi connectivity index (χ0) is 17.2. The van der Waals surface area contributed by atoms with E-state index in [4.69, 9.17) is 14.0 Å². The van der Waals surface area contributed by atoms with Crippen LogP contribution in [0, 0.1) is 0 Å². The van der Waals surface area contributed by atoms with Crippen LogP contribution in [0.3, 0.4) is 0 Å². The first-order chi connectivity index (χ1) is 10.4. The van der Waals surface area contributed by atoms with Gasteiger partial charge in [-0.05, 0) is 67.7 Å². The molecule has 23 heavy (non-hydrogen) atoms. The molecule has 3 atom stereocenters. The molecular formula is C17H30BNO4. The van der Waals surface area contributed by atoms with Crippen molar-refractivity contribution in [3.05, 3.63) is 0 Å². The SMILES string of the molecule is CC(C)(C)OC(=O)N1C2CCC1C(B1OC(C)(C)C(C)(C)O1)C2. The average molecular weight is 323 g/mol. The molecule has 0 saturated carbocycles. The van der Waals surface area contributed by atoms with Crippen molar-refractivity contribution < 1.29 is 18.8 Å². The highest BCUT2D eigenvalue weighted by atomic mass is 16.7. The number of rotatable bonds is 1. The molecule has 0 aromatic rings. The van der Waals surface area contributed by atoms with Gasteiger partial charge in [-0.3, -0.25) is 0 Å². The lowest BCUT2D eigenvalue weighted by atomic mass is 9.64. The van der Waals surface area contributed by atoms with Crippen molar-refractivity contribution in [1.29, 1.82) is 0 Å². The monoisotopic (exact) mass is 323 g/mol. The van der Waals surface area contributed by atoms with Gasteiger partial charge in [0, 0.05) is 17.9 Å². The molecule has 3 aliphatic heterocycles. The van der Waals surface area contributed by atoms with Gasteiger partial charge < -0.3 is 18.9 Å². The summed E-state index contributed by atoms with van der Waals surface area (Å²) in [7, 11) is -0.236. The lowest BCUT2D eigenvalue weighted by molar-refractivity contribution is 0.00578. The van der Waals surface area contributed by atoms with Gasteiger partial charge >= 0.3 is 13.2 Å². The van der Waals surface area contributed by atoms with Crippen molar-refractivity contribution in [2.24, 2.45) is 0 Å². The molecule has 3 fully saturated rings. The molecule has 0 radical (unpaired) electrons. The van der Waals surface area contributed by atoms with Gasteiger partial charge in [-0.2, -0.15) is 0 Å². The first kappa shape index (κ1) is 17.1. The quantitative estimate of drug-likeness (QED) is 0.692. The maximum absolute atomic E-state index is 12.6. The Morgan fingerprint density at radius 3 is 2.22 bits per heavy atom. The molecule has 3 rings (SSSR count). The highest BCUT2D eigenvalue weighted by Crippen LogP contribution is 2.51. The maximum Gasteiger partial charge on any atom is 0.463 e. The molecule has 3 aliphatic rings. The molecule has 0 aromatic heterocycles. The van der Waals surface area contributed by atoms with E-state index in [1.54, 1.807) is 0 Å². The summed E-state index contributed by atoms with van der Waals surface area (Å²) in [6.45, 7) is 14.0. The number of carbonyl (C=O) groups is 1. The van der Waals surface area contributed by atoms with Crippen molar-refractivity contribution in [2.45, 2.75) is 102 Å². The summed E-state index contributed by atoms with van der Waals surface area (Å²) in [5, 5.41) is 0. The average Bonchev–Trinajstić information content (AvgIpc) is 2.97. The first-order valence-corrected chi connectivity index (χ1v) is 8.78. The molecule has 0 N–H and O–H groups in total. The minimum Gasteiger partial charge on any atom is -0.444 e. The molecule has 0 spiro atoms. The molecule has 3 saturated heterocycles.